The minimum Gasteiger partial charge on any atom is -0.353 e. The Bertz CT molecular complexity index is 6330. The van der Waals surface area contributed by atoms with E-state index in [1.165, 1.54) is 243 Å². The lowest BCUT2D eigenvalue weighted by atomic mass is 9.83. The molecule has 0 radical (unpaired) electrons. The molecule has 1 aliphatic carbocycles. The number of aliphatic imine (C=N–C) groups is 2. The van der Waals surface area contributed by atoms with Gasteiger partial charge in [-0.3, -0.25) is 0 Å². The molecule has 2 aliphatic heterocycles. The van der Waals surface area contributed by atoms with Crippen LogP contribution < -0.4 is 10.7 Å². The summed E-state index contributed by atoms with van der Waals surface area (Å²) in [6.45, 7) is 0. The standard InChI is InChI=1S/C92H42F20N4/c93-65-57(66(94)74(102)81(109)73(65)101)61-85-49(41-25-9-1-10-26-41)50(42-27-11-2-12-28-42)86(113-85)62(58-67(95)75(103)82(110)76(104)68(58)96)88-53(45-33-17-5-18-34-45)54(46-35-19-6-20-36-46)90(115-88)64(60-71(99)79(107)84(112)80(108)72(60)100)92-56(48-39-23-8-24-40-48)55(47-37-21-7-22-38-47)91(116-92)63(59-69(97)77(105)83(111)78(106)70(59)98)89-52(44-31-15-4-16-32-44)51(87(61)114-89)43-29-13-3-14-30-43/h1-40,113,116H. The second-order valence-electron chi connectivity index (χ2n) is 26.6. The summed E-state index contributed by atoms with van der Waals surface area (Å²) in [5, 5.41) is -2.05. The molecule has 4 nitrogen and oxygen atoms in total. The van der Waals surface area contributed by atoms with Gasteiger partial charge in [-0.1, -0.05) is 243 Å². The molecule has 0 amide bonds. The molecule has 0 saturated carbocycles. The van der Waals surface area contributed by atoms with E-state index in [1.807, 2.05) is 0 Å². The minimum absolute atomic E-state index is 0.240. The average molecular weight is 1580 g/mol. The first-order valence-corrected chi connectivity index (χ1v) is 35.0. The molecule has 0 atom stereocenters. The largest absolute Gasteiger partial charge is 0.353 e. The average Bonchev–Trinajstić information content (AvgIpc) is 1.53. The van der Waals surface area contributed by atoms with Crippen LogP contribution in [-0.4, -0.2) is 21.4 Å². The maximum Gasteiger partial charge on any atom is 0.200 e. The van der Waals surface area contributed by atoms with Crippen molar-refractivity contribution in [3.8, 4) is 44.5 Å². The Labute approximate surface area is 642 Å². The molecule has 24 heteroatoms. The van der Waals surface area contributed by atoms with Gasteiger partial charge >= 0.3 is 0 Å². The quantitative estimate of drug-likeness (QED) is 0.0696. The first-order valence-electron chi connectivity index (χ1n) is 35.0. The van der Waals surface area contributed by atoms with Crippen molar-refractivity contribution < 1.29 is 87.8 Å². The topological polar surface area (TPSA) is 56.3 Å². The zero-order valence-corrected chi connectivity index (χ0v) is 58.5. The third kappa shape index (κ3) is 11.6. The van der Waals surface area contributed by atoms with Gasteiger partial charge < -0.3 is 9.97 Å². The van der Waals surface area contributed by atoms with Crippen LogP contribution in [0.5, 0.6) is 0 Å². The fourth-order valence-electron chi connectivity index (χ4n) is 15.3. The van der Waals surface area contributed by atoms with Gasteiger partial charge in [0.2, 0.25) is 23.3 Å². The van der Waals surface area contributed by atoms with Crippen molar-refractivity contribution in [1.82, 2.24) is 9.97 Å². The Morgan fingerprint density at radius 3 is 0.560 bits per heavy atom. The molecule has 14 aromatic rings. The van der Waals surface area contributed by atoms with Gasteiger partial charge in [-0.25, -0.2) is 97.8 Å². The highest BCUT2D eigenvalue weighted by Gasteiger charge is 2.46. The molecule has 8 bridgehead atoms. The van der Waals surface area contributed by atoms with Crippen LogP contribution in [0.1, 0.15) is 55.9 Å². The summed E-state index contributed by atoms with van der Waals surface area (Å²) in [5.74, 6) is -54.2. The highest BCUT2D eigenvalue weighted by molar-refractivity contribution is 6.53. The zero-order chi connectivity index (χ0) is 81.1. The lowest BCUT2D eigenvalue weighted by Gasteiger charge is -2.18. The molecule has 0 spiro atoms. The van der Waals surface area contributed by atoms with E-state index < -0.39 is 250 Å². The van der Waals surface area contributed by atoms with Crippen molar-refractivity contribution in [3.05, 3.63) is 437 Å². The van der Waals surface area contributed by atoms with Gasteiger partial charge in [0, 0.05) is 66.8 Å². The van der Waals surface area contributed by atoms with E-state index in [0.717, 1.165) is 0 Å². The number of nitrogens with zero attached hydrogens (tertiary/aromatic N) is 2. The van der Waals surface area contributed by atoms with Gasteiger partial charge in [0.05, 0.1) is 67.2 Å². The maximum atomic E-state index is 18.6. The molecule has 2 aromatic heterocycles. The predicted molar refractivity (Wildman–Crippen MR) is 399 cm³/mol. The van der Waals surface area contributed by atoms with E-state index in [0.29, 0.717) is 0 Å². The number of H-pyrrole nitrogens is 2. The smallest absolute Gasteiger partial charge is 0.200 e. The Balaban J connectivity index is 1.33. The first-order chi connectivity index (χ1) is 56.0. The van der Waals surface area contributed by atoms with Crippen LogP contribution in [0.2, 0.25) is 0 Å². The van der Waals surface area contributed by atoms with Crippen LogP contribution in [0.3, 0.4) is 0 Å². The van der Waals surface area contributed by atoms with E-state index in [9.17, 15) is 0 Å². The van der Waals surface area contributed by atoms with E-state index in [2.05, 4.69) is 9.97 Å². The van der Waals surface area contributed by atoms with Gasteiger partial charge in [-0.05, 0) is 44.5 Å². The molecule has 0 unspecified atom stereocenters. The number of nitrogens with one attached hydrogen (secondary N) is 2. The molecule has 116 heavy (non-hydrogen) atoms. The summed E-state index contributed by atoms with van der Waals surface area (Å²) >= 11 is 0. The number of allylic oxidation sites excluding steroid dienone is 4. The van der Waals surface area contributed by atoms with Gasteiger partial charge in [-0.2, -0.15) is 0 Å². The van der Waals surface area contributed by atoms with Crippen molar-refractivity contribution in [3.63, 3.8) is 0 Å². The van der Waals surface area contributed by atoms with Crippen LogP contribution in [0.4, 0.5) is 87.8 Å². The number of hydrogen-bond donors (Lipinski definition) is 2. The maximum absolute atomic E-state index is 18.6. The number of benzene rings is 12. The molecule has 12 aromatic carbocycles. The summed E-state index contributed by atoms with van der Waals surface area (Å²) in [6.07, 6.45) is 0. The first kappa shape index (κ1) is 74.6. The number of aromatic amines is 2. The SMILES string of the molecule is Fc1c(F)c(F)c(C2=C3N=C(C(c4ccccc4)=C3c3ccccc3)C(c3c(F)c(F)c(F)c(F)c3F)=c3[nH]c(c(-c4ccccc4)c3-c3ccccc3)=C(c3c(F)c(F)c(F)c(F)c3F)C3=NC(=C(c4c(F)c(F)c(F)c(F)c4F)c4[nH]c2c(-c2ccccc2)c4-c2ccccc2)C(c2ccccc2)=C3c2ccccc2)c(F)c1F. The van der Waals surface area contributed by atoms with E-state index in [4.69, 9.17) is 9.98 Å². The predicted octanol–water partition coefficient (Wildman–Crippen LogP) is 23.6. The summed E-state index contributed by atoms with van der Waals surface area (Å²) < 4.78 is 351. The Morgan fingerprint density at radius 2 is 0.336 bits per heavy atom. The van der Waals surface area contributed by atoms with Crippen LogP contribution in [-0.2, 0) is 0 Å². The second kappa shape index (κ2) is 29.1. The van der Waals surface area contributed by atoms with Gasteiger partial charge in [0.25, 0.3) is 0 Å². The fourth-order valence-corrected chi connectivity index (χ4v) is 15.3. The molecule has 3 aliphatic rings. The third-order valence-electron chi connectivity index (χ3n) is 20.2. The van der Waals surface area contributed by atoms with Gasteiger partial charge in [-0.15, -0.1) is 0 Å². The molecule has 0 fully saturated rings. The lowest BCUT2D eigenvalue weighted by Crippen LogP contribution is -2.26. The molecule has 17 rings (SSSR count). The molecule has 4 heterocycles. The summed E-state index contributed by atoms with van der Waals surface area (Å²) in [5.41, 5.74) is -26.7. The van der Waals surface area contributed by atoms with Crippen molar-refractivity contribution in [2.75, 3.05) is 0 Å². The normalized spacial score (nSPS) is 13.6. The lowest BCUT2D eigenvalue weighted by molar-refractivity contribution is 0.376. The molecule has 2 N–H and O–H groups in total. The Hall–Kier alpha value is -14.2. The van der Waals surface area contributed by atoms with Crippen LogP contribution in [0, 0.1) is 116 Å². The van der Waals surface area contributed by atoms with Crippen LogP contribution in [0.25, 0.3) is 89.1 Å². The summed E-state index contributed by atoms with van der Waals surface area (Å²) in [4.78, 5) is 15.9. The number of aromatic nitrogens is 2. The summed E-state index contributed by atoms with van der Waals surface area (Å²) in [6, 6.07) is 53.2. The molecular weight excluding hydrogens is 1540 g/mol. The molecular formula is C92H42F20N4. The van der Waals surface area contributed by atoms with E-state index in [-0.39, 0.29) is 44.5 Å². The number of rotatable bonds is 12. The van der Waals surface area contributed by atoms with Crippen LogP contribution >= 0.6 is 0 Å². The zero-order valence-electron chi connectivity index (χ0n) is 58.5. The number of hydrogen-bond acceptors (Lipinski definition) is 2. The van der Waals surface area contributed by atoms with Crippen molar-refractivity contribution in [2.24, 2.45) is 9.98 Å². The van der Waals surface area contributed by atoms with E-state index in [1.54, 1.807) is 0 Å². The monoisotopic (exact) mass is 1580 g/mol. The van der Waals surface area contributed by atoms with Crippen molar-refractivity contribution >= 4 is 56.0 Å². The Morgan fingerprint density at radius 1 is 0.155 bits per heavy atom. The van der Waals surface area contributed by atoms with E-state index >= 15 is 87.8 Å². The Kier molecular flexibility index (Phi) is 18.7. The van der Waals surface area contributed by atoms with Gasteiger partial charge in [0.15, 0.2) is 93.1 Å². The van der Waals surface area contributed by atoms with Crippen molar-refractivity contribution in [1.29, 1.82) is 0 Å². The highest BCUT2D eigenvalue weighted by atomic mass is 19.2. The third-order valence-corrected chi connectivity index (χ3v) is 20.2. The molecule has 0 saturated heterocycles. The second-order valence-corrected chi connectivity index (χ2v) is 26.6. The highest BCUT2D eigenvalue weighted by Crippen LogP contribution is 2.56. The molecule has 570 valence electrons. The van der Waals surface area contributed by atoms with Gasteiger partial charge in [0.1, 0.15) is 0 Å². The summed E-state index contributed by atoms with van der Waals surface area (Å²) in [7, 11) is 0. The fraction of sp³-hybridized carbons (Fsp3) is 0. The number of halogens is 20. The van der Waals surface area contributed by atoms with Crippen molar-refractivity contribution in [2.45, 2.75) is 0 Å². The van der Waals surface area contributed by atoms with Crippen LogP contribution in [0.15, 0.2) is 264 Å². The number of fused-ring (bicyclic) bond motifs is 10. The minimum atomic E-state index is -2.78.